The fourth-order valence-corrected chi connectivity index (χ4v) is 1.31. The Hall–Kier alpha value is -0.870. The molecule has 3 nitrogen and oxygen atoms in total. The van der Waals surface area contributed by atoms with E-state index in [9.17, 15) is 4.79 Å². The number of rotatable bonds is 7. The van der Waals surface area contributed by atoms with Crippen molar-refractivity contribution in [2.45, 2.75) is 0 Å². The molecule has 0 amide bonds. The predicted molar refractivity (Wildman–Crippen MR) is 61.9 cm³/mol. The summed E-state index contributed by atoms with van der Waals surface area (Å²) in [6.45, 7) is 1.65. The van der Waals surface area contributed by atoms with Crippen LogP contribution in [0.3, 0.4) is 0 Å². The second kappa shape index (κ2) is 7.43. The first-order valence-electron chi connectivity index (χ1n) is 4.69. The number of hydrogen-bond donors (Lipinski definition) is 0. The molecule has 1 rings (SSSR count). The maximum atomic E-state index is 10.6. The molecule has 0 saturated heterocycles. The first kappa shape index (κ1) is 12.2. The summed E-state index contributed by atoms with van der Waals surface area (Å²) in [6.07, 6.45) is 0.786. The summed E-state index contributed by atoms with van der Waals surface area (Å²) in [5.41, 5.74) is 0.568. The van der Waals surface area contributed by atoms with Gasteiger partial charge in [0.2, 0.25) is 0 Å². The molecule has 0 unspecified atom stereocenters. The summed E-state index contributed by atoms with van der Waals surface area (Å²) in [4.78, 5) is 10.6. The van der Waals surface area contributed by atoms with E-state index in [0.717, 1.165) is 11.6 Å². The number of hydrogen-bond acceptors (Lipinski definition) is 3. The molecule has 0 spiro atoms. The Morgan fingerprint density at radius 2 is 2.00 bits per heavy atom. The molecule has 82 valence electrons. The molecule has 4 heteroatoms. The highest BCUT2D eigenvalue weighted by Gasteiger charge is 2.00. The van der Waals surface area contributed by atoms with Crippen LogP contribution in [0.25, 0.3) is 0 Å². The van der Waals surface area contributed by atoms with Gasteiger partial charge in [0.1, 0.15) is 12.4 Å². The van der Waals surface area contributed by atoms with E-state index in [1.54, 1.807) is 18.2 Å². The topological polar surface area (TPSA) is 35.5 Å². The minimum atomic E-state index is 0.456. The van der Waals surface area contributed by atoms with Crippen LogP contribution in [0, 0.1) is 0 Å². The molecule has 1 aromatic carbocycles. The molecule has 0 N–H and O–H groups in total. The summed E-state index contributed by atoms with van der Waals surface area (Å²) in [5, 5.41) is 0.817. The van der Waals surface area contributed by atoms with Crippen LogP contribution < -0.4 is 4.74 Å². The highest BCUT2D eigenvalue weighted by atomic mass is 79.9. The van der Waals surface area contributed by atoms with Gasteiger partial charge in [-0.2, -0.15) is 0 Å². The fourth-order valence-electron chi connectivity index (χ4n) is 1.08. The summed E-state index contributed by atoms with van der Waals surface area (Å²) in [7, 11) is 0. The molecule has 0 aromatic heterocycles. The number of carbonyl (C=O) groups excluding carboxylic acids is 1. The standard InChI is InChI=1S/C11H13BrO3/c12-5-6-14-7-8-15-11-4-2-1-3-10(11)9-13/h1-4,9H,5-8H2. The number of halogens is 1. The number of benzene rings is 1. The first-order chi connectivity index (χ1) is 7.38. The largest absolute Gasteiger partial charge is 0.490 e. The SMILES string of the molecule is O=Cc1ccccc1OCCOCCBr. The van der Waals surface area contributed by atoms with Gasteiger partial charge in [-0.25, -0.2) is 0 Å². The Labute approximate surface area is 97.5 Å². The van der Waals surface area contributed by atoms with E-state index in [0.29, 0.717) is 31.1 Å². The van der Waals surface area contributed by atoms with Gasteiger partial charge in [-0.15, -0.1) is 0 Å². The molecular weight excluding hydrogens is 260 g/mol. The predicted octanol–water partition coefficient (Wildman–Crippen LogP) is 2.29. The van der Waals surface area contributed by atoms with Crippen molar-refractivity contribution in [1.82, 2.24) is 0 Å². The van der Waals surface area contributed by atoms with E-state index >= 15 is 0 Å². The molecule has 0 aliphatic heterocycles. The lowest BCUT2D eigenvalue weighted by Crippen LogP contribution is -2.08. The van der Waals surface area contributed by atoms with Crippen LogP contribution in [-0.2, 0) is 4.74 Å². The van der Waals surface area contributed by atoms with Crippen molar-refractivity contribution in [2.75, 3.05) is 25.2 Å². The van der Waals surface area contributed by atoms with Crippen molar-refractivity contribution in [1.29, 1.82) is 0 Å². The second-order valence-corrected chi connectivity index (χ2v) is 3.60. The van der Waals surface area contributed by atoms with E-state index in [-0.39, 0.29) is 0 Å². The minimum absolute atomic E-state index is 0.456. The monoisotopic (exact) mass is 272 g/mol. The first-order valence-corrected chi connectivity index (χ1v) is 5.81. The molecule has 0 aliphatic carbocycles. The zero-order chi connectivity index (χ0) is 10.9. The molecule has 0 heterocycles. The van der Waals surface area contributed by atoms with Crippen LogP contribution in [0.1, 0.15) is 10.4 Å². The lowest BCUT2D eigenvalue weighted by atomic mass is 10.2. The van der Waals surface area contributed by atoms with Crippen molar-refractivity contribution < 1.29 is 14.3 Å². The quantitative estimate of drug-likeness (QED) is 0.434. The molecule has 1 aromatic rings. The van der Waals surface area contributed by atoms with E-state index < -0.39 is 0 Å². The second-order valence-electron chi connectivity index (χ2n) is 2.81. The highest BCUT2D eigenvalue weighted by molar-refractivity contribution is 9.09. The van der Waals surface area contributed by atoms with Gasteiger partial charge in [0.15, 0.2) is 6.29 Å². The van der Waals surface area contributed by atoms with Gasteiger partial charge >= 0.3 is 0 Å². The fraction of sp³-hybridized carbons (Fsp3) is 0.364. The number of alkyl halides is 1. The molecule has 0 bridgehead atoms. The molecular formula is C11H13BrO3. The Morgan fingerprint density at radius 3 is 2.73 bits per heavy atom. The van der Waals surface area contributed by atoms with Gasteiger partial charge in [0.25, 0.3) is 0 Å². The third-order valence-corrected chi connectivity index (χ3v) is 2.08. The molecule has 0 saturated carbocycles. The van der Waals surface area contributed by atoms with E-state index in [1.165, 1.54) is 0 Å². The Kier molecular flexibility index (Phi) is 6.04. The van der Waals surface area contributed by atoms with E-state index in [1.807, 2.05) is 6.07 Å². The molecule has 0 fully saturated rings. The normalized spacial score (nSPS) is 9.93. The molecule has 0 aliphatic rings. The van der Waals surface area contributed by atoms with Crippen LogP contribution in [0.2, 0.25) is 0 Å². The highest BCUT2D eigenvalue weighted by Crippen LogP contribution is 2.15. The maximum absolute atomic E-state index is 10.6. The van der Waals surface area contributed by atoms with E-state index in [2.05, 4.69) is 15.9 Å². The number of para-hydroxylation sites is 1. The number of ether oxygens (including phenoxy) is 2. The minimum Gasteiger partial charge on any atom is -0.490 e. The average Bonchev–Trinajstić information content (AvgIpc) is 2.29. The third kappa shape index (κ3) is 4.44. The van der Waals surface area contributed by atoms with Crippen molar-refractivity contribution >= 4 is 22.2 Å². The number of aldehydes is 1. The lowest BCUT2D eigenvalue weighted by Gasteiger charge is -2.07. The molecule has 15 heavy (non-hydrogen) atoms. The maximum Gasteiger partial charge on any atom is 0.153 e. The Balaban J connectivity index is 2.33. The van der Waals surface area contributed by atoms with Gasteiger partial charge in [-0.3, -0.25) is 4.79 Å². The summed E-state index contributed by atoms with van der Waals surface area (Å²) < 4.78 is 10.6. The van der Waals surface area contributed by atoms with Gasteiger partial charge in [0, 0.05) is 5.33 Å². The van der Waals surface area contributed by atoms with Crippen LogP contribution in [0.5, 0.6) is 5.75 Å². The Morgan fingerprint density at radius 1 is 1.20 bits per heavy atom. The number of carbonyl (C=O) groups is 1. The van der Waals surface area contributed by atoms with Crippen molar-refractivity contribution in [3.63, 3.8) is 0 Å². The molecule has 0 atom stereocenters. The van der Waals surface area contributed by atoms with Crippen LogP contribution in [-0.4, -0.2) is 31.4 Å². The third-order valence-electron chi connectivity index (χ3n) is 1.75. The molecule has 0 radical (unpaired) electrons. The van der Waals surface area contributed by atoms with Crippen molar-refractivity contribution in [2.24, 2.45) is 0 Å². The van der Waals surface area contributed by atoms with Crippen LogP contribution in [0.15, 0.2) is 24.3 Å². The smallest absolute Gasteiger partial charge is 0.153 e. The summed E-state index contributed by atoms with van der Waals surface area (Å²) in [6, 6.07) is 7.13. The zero-order valence-electron chi connectivity index (χ0n) is 8.32. The van der Waals surface area contributed by atoms with Gasteiger partial charge in [-0.1, -0.05) is 28.1 Å². The van der Waals surface area contributed by atoms with Crippen molar-refractivity contribution in [3.8, 4) is 5.75 Å². The lowest BCUT2D eigenvalue weighted by molar-refractivity contribution is 0.107. The van der Waals surface area contributed by atoms with E-state index in [4.69, 9.17) is 9.47 Å². The van der Waals surface area contributed by atoms with Crippen LogP contribution in [0.4, 0.5) is 0 Å². The van der Waals surface area contributed by atoms with Gasteiger partial charge < -0.3 is 9.47 Å². The summed E-state index contributed by atoms with van der Waals surface area (Å²) in [5.74, 6) is 0.606. The van der Waals surface area contributed by atoms with Gasteiger partial charge in [0.05, 0.1) is 18.8 Å². The van der Waals surface area contributed by atoms with Gasteiger partial charge in [-0.05, 0) is 12.1 Å². The Bertz CT molecular complexity index is 302. The van der Waals surface area contributed by atoms with Crippen LogP contribution >= 0.6 is 15.9 Å². The average molecular weight is 273 g/mol. The summed E-state index contributed by atoms with van der Waals surface area (Å²) >= 11 is 3.26. The zero-order valence-corrected chi connectivity index (χ0v) is 9.90. The van der Waals surface area contributed by atoms with Crippen molar-refractivity contribution in [3.05, 3.63) is 29.8 Å².